The summed E-state index contributed by atoms with van der Waals surface area (Å²) in [4.78, 5) is 22.8. The first-order valence-electron chi connectivity index (χ1n) is 9.26. The Morgan fingerprint density at radius 1 is 1.09 bits per heavy atom. The summed E-state index contributed by atoms with van der Waals surface area (Å²) in [5.74, 6) is -1.46. The Balaban J connectivity index is 1.82. The van der Waals surface area contributed by atoms with E-state index in [0.717, 1.165) is 24.3 Å². The smallest absolute Gasteiger partial charge is 0.311 e. The lowest BCUT2D eigenvalue weighted by atomic mass is 10.1. The van der Waals surface area contributed by atoms with Gasteiger partial charge in [0.2, 0.25) is 0 Å². The van der Waals surface area contributed by atoms with Gasteiger partial charge in [-0.1, -0.05) is 12.1 Å². The highest BCUT2D eigenvalue weighted by atomic mass is 19.1. The van der Waals surface area contributed by atoms with Gasteiger partial charge < -0.3 is 19.7 Å². The minimum absolute atomic E-state index is 0.0227. The van der Waals surface area contributed by atoms with E-state index in [4.69, 9.17) is 9.47 Å². The normalized spacial score (nSPS) is 10.8. The highest BCUT2D eigenvalue weighted by Crippen LogP contribution is 2.30. The summed E-state index contributed by atoms with van der Waals surface area (Å²) in [6, 6.07) is 11.5. The van der Waals surface area contributed by atoms with Crippen LogP contribution in [0, 0.1) is 15.9 Å². The molecular formula is C23H18FNO7. The number of hydrogen-bond acceptors (Lipinski definition) is 7. The highest BCUT2D eigenvalue weighted by Gasteiger charge is 2.17. The van der Waals surface area contributed by atoms with Gasteiger partial charge in [0, 0.05) is 23.8 Å². The number of ether oxygens (including phenoxy) is 2. The van der Waals surface area contributed by atoms with Gasteiger partial charge in [0.05, 0.1) is 17.6 Å². The van der Waals surface area contributed by atoms with Crippen molar-refractivity contribution in [1.29, 1.82) is 0 Å². The van der Waals surface area contributed by atoms with E-state index >= 15 is 0 Å². The van der Waals surface area contributed by atoms with Gasteiger partial charge in [0.15, 0.2) is 11.5 Å². The average molecular weight is 439 g/mol. The zero-order valence-corrected chi connectivity index (χ0v) is 16.8. The van der Waals surface area contributed by atoms with Gasteiger partial charge in [-0.05, 0) is 42.0 Å². The summed E-state index contributed by atoms with van der Waals surface area (Å²) in [5, 5.41) is 30.3. The second kappa shape index (κ2) is 9.61. The molecule has 0 heterocycles. The third kappa shape index (κ3) is 5.20. The van der Waals surface area contributed by atoms with Crippen LogP contribution in [0.25, 0.3) is 6.08 Å². The van der Waals surface area contributed by atoms with Gasteiger partial charge in [-0.25, -0.2) is 4.39 Å². The van der Waals surface area contributed by atoms with Crippen molar-refractivity contribution in [2.75, 3.05) is 7.11 Å². The van der Waals surface area contributed by atoms with E-state index in [1.165, 1.54) is 31.4 Å². The molecule has 3 aromatic rings. The SMILES string of the molecule is COc1ccc(/C=C/C(=O)c2ccc(O)cc2O)cc1COc1cc(F)ccc1[N+](=O)[O-]. The largest absolute Gasteiger partial charge is 0.508 e. The van der Waals surface area contributed by atoms with Crippen molar-refractivity contribution in [1.82, 2.24) is 0 Å². The molecule has 8 nitrogen and oxygen atoms in total. The second-order valence-electron chi connectivity index (χ2n) is 6.63. The van der Waals surface area contributed by atoms with Gasteiger partial charge in [-0.3, -0.25) is 14.9 Å². The number of aromatic hydroxyl groups is 2. The lowest BCUT2D eigenvalue weighted by molar-refractivity contribution is -0.386. The van der Waals surface area contributed by atoms with Gasteiger partial charge in [-0.15, -0.1) is 0 Å². The molecule has 3 aromatic carbocycles. The van der Waals surface area contributed by atoms with Crippen LogP contribution >= 0.6 is 0 Å². The fourth-order valence-electron chi connectivity index (χ4n) is 2.91. The second-order valence-corrected chi connectivity index (χ2v) is 6.63. The number of nitrogens with zero attached hydrogens (tertiary/aromatic N) is 1. The Morgan fingerprint density at radius 3 is 2.56 bits per heavy atom. The average Bonchev–Trinajstić information content (AvgIpc) is 2.75. The molecule has 164 valence electrons. The molecular weight excluding hydrogens is 421 g/mol. The molecule has 0 atom stereocenters. The molecule has 0 amide bonds. The first-order chi connectivity index (χ1) is 15.3. The fraction of sp³-hybridized carbons (Fsp3) is 0.0870. The van der Waals surface area contributed by atoms with E-state index in [1.54, 1.807) is 18.2 Å². The predicted octanol–water partition coefficient (Wildman–Crippen LogP) is 4.63. The van der Waals surface area contributed by atoms with Crippen LogP contribution in [0.3, 0.4) is 0 Å². The number of carbonyl (C=O) groups is 1. The Hall–Kier alpha value is -4.40. The lowest BCUT2D eigenvalue weighted by Crippen LogP contribution is -2.02. The molecule has 0 fully saturated rings. The summed E-state index contributed by atoms with van der Waals surface area (Å²) in [6.45, 7) is -0.151. The highest BCUT2D eigenvalue weighted by molar-refractivity contribution is 6.08. The third-order valence-electron chi connectivity index (χ3n) is 4.48. The molecule has 0 aliphatic carbocycles. The van der Waals surface area contributed by atoms with Gasteiger partial charge >= 0.3 is 5.69 Å². The predicted molar refractivity (Wildman–Crippen MR) is 114 cm³/mol. The van der Waals surface area contributed by atoms with Crippen molar-refractivity contribution < 1.29 is 33.8 Å². The first-order valence-corrected chi connectivity index (χ1v) is 9.26. The van der Waals surface area contributed by atoms with E-state index in [-0.39, 0.29) is 35.1 Å². The molecule has 3 rings (SSSR count). The molecule has 0 saturated heterocycles. The van der Waals surface area contributed by atoms with Crippen LogP contribution < -0.4 is 9.47 Å². The van der Waals surface area contributed by atoms with E-state index < -0.39 is 16.5 Å². The number of nitro groups is 1. The number of halogens is 1. The summed E-state index contributed by atoms with van der Waals surface area (Å²) < 4.78 is 24.3. The molecule has 2 N–H and O–H groups in total. The zero-order valence-electron chi connectivity index (χ0n) is 16.8. The Kier molecular flexibility index (Phi) is 6.69. The van der Waals surface area contributed by atoms with Crippen molar-refractivity contribution in [2.24, 2.45) is 0 Å². The van der Waals surface area contributed by atoms with Crippen LogP contribution in [0.5, 0.6) is 23.0 Å². The zero-order chi connectivity index (χ0) is 23.3. The van der Waals surface area contributed by atoms with Gasteiger partial charge in [-0.2, -0.15) is 0 Å². The maximum atomic E-state index is 13.5. The molecule has 0 aliphatic heterocycles. The molecule has 0 aromatic heterocycles. The monoisotopic (exact) mass is 439 g/mol. The summed E-state index contributed by atoms with van der Waals surface area (Å²) in [6.07, 6.45) is 2.75. The lowest BCUT2D eigenvalue weighted by Gasteiger charge is -2.11. The number of allylic oxidation sites excluding steroid dienone is 1. The fourth-order valence-corrected chi connectivity index (χ4v) is 2.91. The molecule has 9 heteroatoms. The number of phenols is 2. The van der Waals surface area contributed by atoms with Gasteiger partial charge in [0.25, 0.3) is 0 Å². The minimum Gasteiger partial charge on any atom is -0.508 e. The van der Waals surface area contributed by atoms with Crippen molar-refractivity contribution in [3.05, 3.63) is 93.3 Å². The number of carbonyl (C=O) groups excluding carboxylic acids is 1. The van der Waals surface area contributed by atoms with Crippen LogP contribution in [0.4, 0.5) is 10.1 Å². The van der Waals surface area contributed by atoms with Crippen LogP contribution in [0.1, 0.15) is 21.5 Å². The van der Waals surface area contributed by atoms with E-state index in [1.807, 2.05) is 0 Å². The third-order valence-corrected chi connectivity index (χ3v) is 4.48. The van der Waals surface area contributed by atoms with E-state index in [2.05, 4.69) is 0 Å². The Morgan fingerprint density at radius 2 is 1.88 bits per heavy atom. The number of phenolic OH excluding ortho intramolecular Hbond substituents is 2. The Bertz CT molecular complexity index is 1210. The summed E-state index contributed by atoms with van der Waals surface area (Å²) in [7, 11) is 1.44. The number of nitro benzene ring substituents is 1. The Labute approximate surface area is 181 Å². The maximum absolute atomic E-state index is 13.5. The summed E-state index contributed by atoms with van der Waals surface area (Å²) >= 11 is 0. The molecule has 0 spiro atoms. The van der Waals surface area contributed by atoms with Crippen molar-refractivity contribution >= 4 is 17.5 Å². The first kappa shape index (κ1) is 22.3. The van der Waals surface area contributed by atoms with Crippen LogP contribution in [-0.4, -0.2) is 28.0 Å². The molecule has 0 aliphatic rings. The van der Waals surface area contributed by atoms with E-state index in [9.17, 15) is 29.5 Å². The number of rotatable bonds is 8. The molecule has 0 radical (unpaired) electrons. The molecule has 32 heavy (non-hydrogen) atoms. The molecule has 0 saturated carbocycles. The quantitative estimate of drug-likeness (QED) is 0.227. The van der Waals surface area contributed by atoms with Crippen LogP contribution in [0.2, 0.25) is 0 Å². The van der Waals surface area contributed by atoms with E-state index in [0.29, 0.717) is 16.9 Å². The number of benzene rings is 3. The standard InChI is InChI=1S/C23H18FNO7/c1-31-22-9-3-14(2-8-20(27)18-6-5-17(26)12-21(18)28)10-15(22)13-32-23-11-16(24)4-7-19(23)25(29)30/h2-12,26,28H,13H2,1H3/b8-2+. The van der Waals surface area contributed by atoms with Crippen molar-refractivity contribution in [3.63, 3.8) is 0 Å². The summed E-state index contributed by atoms with van der Waals surface area (Å²) in [5.41, 5.74) is 0.744. The van der Waals surface area contributed by atoms with Gasteiger partial charge in [0.1, 0.15) is 29.7 Å². The maximum Gasteiger partial charge on any atom is 0.311 e. The number of hydrogen-bond donors (Lipinski definition) is 2. The number of methoxy groups -OCH3 is 1. The topological polar surface area (TPSA) is 119 Å². The molecule has 0 unspecified atom stereocenters. The number of ketones is 1. The van der Waals surface area contributed by atoms with Crippen LogP contribution in [-0.2, 0) is 6.61 Å². The van der Waals surface area contributed by atoms with Crippen molar-refractivity contribution in [3.8, 4) is 23.0 Å². The minimum atomic E-state index is -0.676. The molecule has 0 bridgehead atoms. The van der Waals surface area contributed by atoms with Crippen molar-refractivity contribution in [2.45, 2.75) is 6.61 Å². The van der Waals surface area contributed by atoms with Crippen LogP contribution in [0.15, 0.2) is 60.7 Å².